The lowest BCUT2D eigenvalue weighted by atomic mass is 10.0. The standard InChI is InChI=1S/C27H50N3O8P/c1-36-19-15-13-11-9-7-5-3-2-4-6-8-10-12-14-16-20-39(34,35)37-21-22-24(31)25(32)26(38-22)30-18-17-23(28)29-27(30)33/h17-18,22,24-26,31-32H,2-16,19-21H2,1H3,(H,34,35)(H2,28,29,33)/t22-,24?,25+,26-/m1/s1. The van der Waals surface area contributed by atoms with E-state index in [1.807, 2.05) is 0 Å². The molecule has 39 heavy (non-hydrogen) atoms. The molecule has 0 aromatic carbocycles. The lowest BCUT2D eigenvalue weighted by Crippen LogP contribution is -2.36. The third-order valence-electron chi connectivity index (χ3n) is 7.19. The van der Waals surface area contributed by atoms with Crippen LogP contribution in [-0.4, -0.2) is 69.5 Å². The van der Waals surface area contributed by atoms with Crippen molar-refractivity contribution in [3.8, 4) is 0 Å². The maximum atomic E-state index is 12.4. The molecule has 1 fully saturated rings. The predicted octanol–water partition coefficient (Wildman–Crippen LogP) is 4.14. The zero-order chi connectivity index (χ0) is 28.5. The fourth-order valence-corrected chi connectivity index (χ4v) is 5.96. The normalized spacial score (nSPS) is 22.8. The summed E-state index contributed by atoms with van der Waals surface area (Å²) in [4.78, 5) is 25.8. The van der Waals surface area contributed by atoms with Gasteiger partial charge in [0.1, 0.15) is 24.1 Å². The molecule has 5 N–H and O–H groups in total. The number of unbranched alkanes of at least 4 members (excludes halogenated alkanes) is 14. The van der Waals surface area contributed by atoms with Gasteiger partial charge in [-0.25, -0.2) is 4.79 Å². The lowest BCUT2D eigenvalue weighted by Gasteiger charge is -2.18. The van der Waals surface area contributed by atoms with Crippen LogP contribution in [0.3, 0.4) is 0 Å². The van der Waals surface area contributed by atoms with Crippen LogP contribution in [0.1, 0.15) is 103 Å². The van der Waals surface area contributed by atoms with Gasteiger partial charge in [0.15, 0.2) is 6.23 Å². The van der Waals surface area contributed by atoms with E-state index >= 15 is 0 Å². The summed E-state index contributed by atoms with van der Waals surface area (Å²) in [6, 6.07) is 1.37. The minimum atomic E-state index is -3.86. The molecule has 0 aliphatic carbocycles. The summed E-state index contributed by atoms with van der Waals surface area (Å²) in [6.45, 7) is 0.497. The molecule has 2 heterocycles. The summed E-state index contributed by atoms with van der Waals surface area (Å²) in [5.74, 6) is 0.0203. The summed E-state index contributed by atoms with van der Waals surface area (Å²) in [6.07, 6.45) is 13.9. The fourth-order valence-electron chi connectivity index (χ4n) is 4.83. The Labute approximate surface area is 232 Å². The van der Waals surface area contributed by atoms with Crippen LogP contribution in [0.2, 0.25) is 0 Å². The van der Waals surface area contributed by atoms with E-state index in [0.717, 1.165) is 30.4 Å². The van der Waals surface area contributed by atoms with Crippen LogP contribution >= 0.6 is 7.60 Å². The van der Waals surface area contributed by atoms with Crippen molar-refractivity contribution in [1.29, 1.82) is 0 Å². The molecule has 0 radical (unpaired) electrons. The van der Waals surface area contributed by atoms with Gasteiger partial charge in [0.2, 0.25) is 0 Å². The number of nitrogen functional groups attached to an aromatic ring is 1. The Morgan fingerprint density at radius 3 is 1.95 bits per heavy atom. The largest absolute Gasteiger partial charge is 0.387 e. The average molecular weight is 576 g/mol. The number of nitrogens with two attached hydrogens (primary N) is 1. The summed E-state index contributed by atoms with van der Waals surface area (Å²) < 4.78 is 29.2. The number of ether oxygens (including phenoxy) is 2. The van der Waals surface area contributed by atoms with Gasteiger partial charge in [0, 0.05) is 26.1 Å². The van der Waals surface area contributed by atoms with Crippen LogP contribution in [0.25, 0.3) is 0 Å². The van der Waals surface area contributed by atoms with E-state index in [-0.39, 0.29) is 18.6 Å². The molecule has 0 amide bonds. The lowest BCUT2D eigenvalue weighted by molar-refractivity contribution is -0.0524. The molecule has 1 saturated heterocycles. The van der Waals surface area contributed by atoms with E-state index in [0.29, 0.717) is 6.42 Å². The molecule has 226 valence electrons. The van der Waals surface area contributed by atoms with Gasteiger partial charge in [-0.2, -0.15) is 4.98 Å². The highest BCUT2D eigenvalue weighted by Crippen LogP contribution is 2.44. The van der Waals surface area contributed by atoms with Crippen molar-refractivity contribution in [2.24, 2.45) is 0 Å². The molecule has 1 aliphatic heterocycles. The summed E-state index contributed by atoms with van der Waals surface area (Å²) in [5.41, 5.74) is 4.73. The van der Waals surface area contributed by atoms with Crippen molar-refractivity contribution < 1.29 is 33.7 Å². The molecular formula is C27H50N3O8P. The van der Waals surface area contributed by atoms with Gasteiger partial charge in [-0.05, 0) is 18.9 Å². The monoisotopic (exact) mass is 575 g/mol. The quantitative estimate of drug-likeness (QED) is 0.117. The van der Waals surface area contributed by atoms with Gasteiger partial charge < -0.3 is 34.8 Å². The first-order valence-corrected chi connectivity index (χ1v) is 16.3. The molecule has 0 bridgehead atoms. The zero-order valence-corrected chi connectivity index (χ0v) is 24.4. The first kappa shape index (κ1) is 33.9. The molecule has 1 aromatic rings. The predicted molar refractivity (Wildman–Crippen MR) is 151 cm³/mol. The third-order valence-corrected chi connectivity index (χ3v) is 8.63. The molecule has 5 atom stereocenters. The minimum Gasteiger partial charge on any atom is -0.387 e. The topological polar surface area (TPSA) is 166 Å². The Morgan fingerprint density at radius 1 is 0.923 bits per heavy atom. The van der Waals surface area contributed by atoms with Crippen molar-refractivity contribution in [3.05, 3.63) is 22.7 Å². The number of rotatable bonds is 22. The summed E-state index contributed by atoms with van der Waals surface area (Å²) in [5, 5.41) is 20.6. The second kappa shape index (κ2) is 18.9. The zero-order valence-electron chi connectivity index (χ0n) is 23.5. The van der Waals surface area contributed by atoms with Crippen LogP contribution in [0.15, 0.2) is 17.1 Å². The fraction of sp³-hybridized carbons (Fsp3) is 0.852. The molecule has 0 spiro atoms. The SMILES string of the molecule is COCCCCCCCCCCCCCCCCCP(=O)(O)OC[C@H]1O[C@@H](n2ccc(N)nc2=O)[C@@H](O)C1O. The highest BCUT2D eigenvalue weighted by Gasteiger charge is 2.45. The highest BCUT2D eigenvalue weighted by atomic mass is 31.2. The van der Waals surface area contributed by atoms with Gasteiger partial charge in [-0.3, -0.25) is 9.13 Å². The first-order chi connectivity index (χ1) is 18.7. The van der Waals surface area contributed by atoms with Gasteiger partial charge in [-0.15, -0.1) is 0 Å². The summed E-state index contributed by atoms with van der Waals surface area (Å²) >= 11 is 0. The number of nitrogens with zero attached hydrogens (tertiary/aromatic N) is 2. The number of hydrogen-bond acceptors (Lipinski definition) is 9. The highest BCUT2D eigenvalue weighted by molar-refractivity contribution is 7.52. The molecule has 2 rings (SSSR count). The third kappa shape index (κ3) is 13.3. The Hall–Kier alpha value is -1.33. The maximum Gasteiger partial charge on any atom is 0.351 e. The van der Waals surface area contributed by atoms with Crippen molar-refractivity contribution in [2.75, 3.05) is 32.2 Å². The van der Waals surface area contributed by atoms with Gasteiger partial charge >= 0.3 is 13.3 Å². The van der Waals surface area contributed by atoms with Crippen molar-refractivity contribution >= 4 is 13.4 Å². The van der Waals surface area contributed by atoms with E-state index in [9.17, 15) is 24.5 Å². The number of aliphatic hydroxyl groups excluding tert-OH is 2. The molecule has 12 heteroatoms. The number of aromatic nitrogens is 2. The van der Waals surface area contributed by atoms with Crippen molar-refractivity contribution in [1.82, 2.24) is 9.55 Å². The van der Waals surface area contributed by atoms with Gasteiger partial charge in [-0.1, -0.05) is 83.5 Å². The molecule has 11 nitrogen and oxygen atoms in total. The molecule has 2 unspecified atom stereocenters. The Balaban J connectivity index is 1.48. The smallest absolute Gasteiger partial charge is 0.351 e. The number of anilines is 1. The Kier molecular flexibility index (Phi) is 16.4. The van der Waals surface area contributed by atoms with E-state index < -0.39 is 37.8 Å². The van der Waals surface area contributed by atoms with E-state index in [1.165, 1.54) is 82.9 Å². The number of aliphatic hydroxyl groups is 2. The Morgan fingerprint density at radius 2 is 1.44 bits per heavy atom. The number of hydrogen-bond donors (Lipinski definition) is 4. The van der Waals surface area contributed by atoms with Crippen LogP contribution in [0, 0.1) is 0 Å². The number of methoxy groups -OCH3 is 1. The van der Waals surface area contributed by atoms with Crippen molar-refractivity contribution in [3.63, 3.8) is 0 Å². The second-order valence-electron chi connectivity index (χ2n) is 10.5. The molecule has 1 aromatic heterocycles. The van der Waals surface area contributed by atoms with E-state index in [2.05, 4.69) is 4.98 Å². The Bertz CT molecular complexity index is 902. The first-order valence-electron chi connectivity index (χ1n) is 14.6. The van der Waals surface area contributed by atoms with Crippen LogP contribution < -0.4 is 11.4 Å². The molecule has 0 saturated carbocycles. The molecular weight excluding hydrogens is 525 g/mol. The second-order valence-corrected chi connectivity index (χ2v) is 12.5. The van der Waals surface area contributed by atoms with E-state index in [1.54, 1.807) is 7.11 Å². The summed E-state index contributed by atoms with van der Waals surface area (Å²) in [7, 11) is -2.11. The van der Waals surface area contributed by atoms with Crippen LogP contribution in [0.5, 0.6) is 0 Å². The van der Waals surface area contributed by atoms with Gasteiger partial charge in [0.25, 0.3) is 0 Å². The van der Waals surface area contributed by atoms with Gasteiger partial charge in [0.05, 0.1) is 6.61 Å². The van der Waals surface area contributed by atoms with E-state index in [4.69, 9.17) is 19.7 Å². The average Bonchev–Trinajstić information content (AvgIpc) is 3.18. The molecule has 1 aliphatic rings. The van der Waals surface area contributed by atoms with Crippen LogP contribution in [0.4, 0.5) is 5.82 Å². The maximum absolute atomic E-state index is 12.4. The minimum absolute atomic E-state index is 0.0203. The van der Waals surface area contributed by atoms with Crippen LogP contribution in [-0.2, 0) is 18.6 Å². The van der Waals surface area contributed by atoms with Crippen molar-refractivity contribution in [2.45, 2.75) is 121 Å².